The summed E-state index contributed by atoms with van der Waals surface area (Å²) in [6, 6.07) is 11.8. The van der Waals surface area contributed by atoms with Crippen LogP contribution in [0.5, 0.6) is 0 Å². The smallest absolute Gasteiger partial charge is 0.416 e. The number of halogens is 3. The minimum atomic E-state index is -4.43. The lowest BCUT2D eigenvalue weighted by Crippen LogP contribution is -2.51. The van der Waals surface area contributed by atoms with Gasteiger partial charge in [-0.2, -0.15) is 13.2 Å². The average Bonchev–Trinajstić information content (AvgIpc) is 2.65. The van der Waals surface area contributed by atoms with Gasteiger partial charge in [0.1, 0.15) is 0 Å². The van der Waals surface area contributed by atoms with E-state index in [0.29, 0.717) is 18.5 Å². The van der Waals surface area contributed by atoms with Crippen LogP contribution in [0, 0.1) is 0 Å². The number of fused-ring (bicyclic) bond motifs is 1. The zero-order valence-corrected chi connectivity index (χ0v) is 16.4. The SMILES string of the molecule is CC(=O)OC(C)(C)C(=O)N1CCc2ccccc2[C@H]1c1ccc(C(F)(F)F)cc1. The molecule has 0 spiro atoms. The second-order valence-corrected chi connectivity index (χ2v) is 7.57. The molecule has 29 heavy (non-hydrogen) atoms. The van der Waals surface area contributed by atoms with Crippen molar-refractivity contribution in [1.82, 2.24) is 4.90 Å². The monoisotopic (exact) mass is 405 g/mol. The first-order valence-corrected chi connectivity index (χ1v) is 9.26. The Kier molecular flexibility index (Phi) is 5.43. The molecule has 154 valence electrons. The third-order valence-corrected chi connectivity index (χ3v) is 5.01. The Morgan fingerprint density at radius 2 is 1.66 bits per heavy atom. The summed E-state index contributed by atoms with van der Waals surface area (Å²) in [5, 5.41) is 0. The van der Waals surface area contributed by atoms with E-state index in [1.54, 1.807) is 4.90 Å². The highest BCUT2D eigenvalue weighted by Crippen LogP contribution is 2.38. The highest BCUT2D eigenvalue weighted by Gasteiger charge is 2.41. The van der Waals surface area contributed by atoms with Crippen LogP contribution in [0.1, 0.15) is 49.1 Å². The molecule has 1 aliphatic rings. The zero-order valence-electron chi connectivity index (χ0n) is 16.4. The molecule has 0 aromatic heterocycles. The summed E-state index contributed by atoms with van der Waals surface area (Å²) >= 11 is 0. The van der Waals surface area contributed by atoms with Crippen molar-refractivity contribution in [3.63, 3.8) is 0 Å². The van der Waals surface area contributed by atoms with E-state index in [4.69, 9.17) is 4.74 Å². The lowest BCUT2D eigenvalue weighted by atomic mass is 9.86. The average molecular weight is 405 g/mol. The fourth-order valence-corrected chi connectivity index (χ4v) is 3.75. The molecule has 0 unspecified atom stereocenters. The van der Waals surface area contributed by atoms with Crippen molar-refractivity contribution in [3.05, 3.63) is 70.8 Å². The summed E-state index contributed by atoms with van der Waals surface area (Å²) in [6.45, 7) is 4.63. The third-order valence-electron chi connectivity index (χ3n) is 5.01. The van der Waals surface area contributed by atoms with E-state index >= 15 is 0 Å². The highest BCUT2D eigenvalue weighted by atomic mass is 19.4. The Labute approximate surface area is 167 Å². The molecule has 0 saturated carbocycles. The molecule has 1 heterocycles. The third kappa shape index (κ3) is 4.28. The Morgan fingerprint density at radius 1 is 1.03 bits per heavy atom. The van der Waals surface area contributed by atoms with Gasteiger partial charge in [-0.3, -0.25) is 9.59 Å². The zero-order chi connectivity index (χ0) is 21.4. The van der Waals surface area contributed by atoms with Gasteiger partial charge in [-0.1, -0.05) is 36.4 Å². The fourth-order valence-electron chi connectivity index (χ4n) is 3.75. The van der Waals surface area contributed by atoms with Crippen LogP contribution in [0.2, 0.25) is 0 Å². The lowest BCUT2D eigenvalue weighted by Gasteiger charge is -2.41. The van der Waals surface area contributed by atoms with Gasteiger partial charge in [-0.25, -0.2) is 0 Å². The summed E-state index contributed by atoms with van der Waals surface area (Å²) in [6.07, 6.45) is -3.83. The summed E-state index contributed by atoms with van der Waals surface area (Å²) in [7, 11) is 0. The van der Waals surface area contributed by atoms with Gasteiger partial charge in [-0.05, 0) is 49.1 Å². The molecule has 0 bridgehead atoms. The van der Waals surface area contributed by atoms with Gasteiger partial charge in [0.15, 0.2) is 5.60 Å². The number of carbonyl (C=O) groups excluding carboxylic acids is 2. The molecule has 3 rings (SSSR count). The molecule has 2 aromatic carbocycles. The molecule has 1 aliphatic heterocycles. The van der Waals surface area contributed by atoms with Crippen LogP contribution in [-0.4, -0.2) is 28.9 Å². The second kappa shape index (κ2) is 7.54. The van der Waals surface area contributed by atoms with Gasteiger partial charge in [0.25, 0.3) is 5.91 Å². The van der Waals surface area contributed by atoms with Crippen LogP contribution < -0.4 is 0 Å². The van der Waals surface area contributed by atoms with E-state index in [1.807, 2.05) is 24.3 Å². The van der Waals surface area contributed by atoms with Crippen molar-refractivity contribution in [1.29, 1.82) is 0 Å². The Bertz CT molecular complexity index is 920. The topological polar surface area (TPSA) is 46.6 Å². The molecule has 2 aromatic rings. The number of amides is 1. The first kappa shape index (κ1) is 20.9. The van der Waals surface area contributed by atoms with Crippen LogP contribution in [0.4, 0.5) is 13.2 Å². The summed E-state index contributed by atoms with van der Waals surface area (Å²) in [4.78, 5) is 26.2. The molecule has 0 fully saturated rings. The number of esters is 1. The molecule has 0 N–H and O–H groups in total. The Hall–Kier alpha value is -2.83. The standard InChI is InChI=1S/C22H22F3NO3/c1-14(27)29-21(2,3)20(28)26-13-12-15-6-4-5-7-18(15)19(26)16-8-10-17(11-9-16)22(23,24)25/h4-11,19H,12-13H2,1-3H3/t19-/m1/s1. The minimum Gasteiger partial charge on any atom is -0.450 e. The molecule has 0 radical (unpaired) electrons. The fraction of sp³-hybridized carbons (Fsp3) is 0.364. The van der Waals surface area contributed by atoms with Gasteiger partial charge in [0, 0.05) is 13.5 Å². The van der Waals surface area contributed by atoms with Gasteiger partial charge in [0.2, 0.25) is 0 Å². The number of hydrogen-bond acceptors (Lipinski definition) is 3. The maximum Gasteiger partial charge on any atom is 0.416 e. The first-order chi connectivity index (χ1) is 13.5. The van der Waals surface area contributed by atoms with E-state index in [1.165, 1.54) is 32.9 Å². The summed E-state index contributed by atoms with van der Waals surface area (Å²) in [5.74, 6) is -0.973. The summed E-state index contributed by atoms with van der Waals surface area (Å²) in [5.41, 5.74) is 0.320. The number of ether oxygens (including phenoxy) is 1. The van der Waals surface area contributed by atoms with Crippen LogP contribution in [-0.2, 0) is 26.9 Å². The Balaban J connectivity index is 2.05. The van der Waals surface area contributed by atoms with Crippen molar-refractivity contribution in [2.45, 2.75) is 45.0 Å². The van der Waals surface area contributed by atoms with Crippen molar-refractivity contribution < 1.29 is 27.5 Å². The number of hydrogen-bond donors (Lipinski definition) is 0. The number of nitrogens with zero attached hydrogens (tertiary/aromatic N) is 1. The molecular formula is C22H22F3NO3. The van der Waals surface area contributed by atoms with Crippen molar-refractivity contribution in [2.75, 3.05) is 6.54 Å². The van der Waals surface area contributed by atoms with Crippen molar-refractivity contribution >= 4 is 11.9 Å². The maximum atomic E-state index is 13.2. The van der Waals surface area contributed by atoms with Crippen LogP contribution >= 0.6 is 0 Å². The van der Waals surface area contributed by atoms with Crippen LogP contribution in [0.25, 0.3) is 0 Å². The largest absolute Gasteiger partial charge is 0.450 e. The number of benzene rings is 2. The number of carbonyl (C=O) groups is 2. The van der Waals surface area contributed by atoms with Gasteiger partial charge in [-0.15, -0.1) is 0 Å². The Morgan fingerprint density at radius 3 is 2.24 bits per heavy atom. The van der Waals surface area contributed by atoms with E-state index in [0.717, 1.165) is 23.3 Å². The number of alkyl halides is 3. The molecule has 1 atom stereocenters. The van der Waals surface area contributed by atoms with Crippen molar-refractivity contribution in [3.8, 4) is 0 Å². The van der Waals surface area contributed by atoms with E-state index in [9.17, 15) is 22.8 Å². The van der Waals surface area contributed by atoms with E-state index in [-0.39, 0.29) is 0 Å². The van der Waals surface area contributed by atoms with E-state index in [2.05, 4.69) is 0 Å². The molecule has 1 amide bonds. The predicted octanol–water partition coefficient (Wildman–Crippen LogP) is 4.52. The molecule has 7 heteroatoms. The van der Waals surface area contributed by atoms with E-state index < -0.39 is 35.3 Å². The summed E-state index contributed by atoms with van der Waals surface area (Å²) < 4.78 is 44.1. The molecule has 0 aliphatic carbocycles. The normalized spacial score (nSPS) is 16.9. The maximum absolute atomic E-state index is 13.2. The van der Waals surface area contributed by atoms with Gasteiger partial charge in [0.05, 0.1) is 11.6 Å². The molecule has 0 saturated heterocycles. The van der Waals surface area contributed by atoms with Crippen molar-refractivity contribution in [2.24, 2.45) is 0 Å². The van der Waals surface area contributed by atoms with Crippen LogP contribution in [0.15, 0.2) is 48.5 Å². The van der Waals surface area contributed by atoms with Gasteiger partial charge < -0.3 is 9.64 Å². The van der Waals surface area contributed by atoms with Crippen LogP contribution in [0.3, 0.4) is 0 Å². The molecular weight excluding hydrogens is 383 g/mol. The van der Waals surface area contributed by atoms with Gasteiger partial charge >= 0.3 is 12.1 Å². The first-order valence-electron chi connectivity index (χ1n) is 9.26. The predicted molar refractivity (Wildman–Crippen MR) is 101 cm³/mol. The highest BCUT2D eigenvalue weighted by molar-refractivity contribution is 5.87. The quantitative estimate of drug-likeness (QED) is 0.706. The molecule has 4 nitrogen and oxygen atoms in total. The second-order valence-electron chi connectivity index (χ2n) is 7.57. The number of rotatable bonds is 3. The minimum absolute atomic E-state index is 0.367. The lowest BCUT2D eigenvalue weighted by molar-refractivity contribution is -0.169.